The molecule has 0 radical (unpaired) electrons. The molecule has 3 rings (SSSR count). The highest BCUT2D eigenvalue weighted by atomic mass is 16.2. The van der Waals surface area contributed by atoms with Gasteiger partial charge in [0, 0.05) is 23.5 Å². The fraction of sp³-hybridized carbons (Fsp3) is 0.0667. The molecule has 21 heavy (non-hydrogen) atoms. The van der Waals surface area contributed by atoms with Crippen LogP contribution in [-0.2, 0) is 0 Å². The molecule has 3 aromatic rings. The third-order valence-corrected chi connectivity index (χ3v) is 3.05. The van der Waals surface area contributed by atoms with Crippen LogP contribution < -0.4 is 5.32 Å². The Labute approximate surface area is 120 Å². The van der Waals surface area contributed by atoms with Crippen LogP contribution in [0.1, 0.15) is 27.8 Å². The zero-order valence-corrected chi connectivity index (χ0v) is 11.3. The van der Waals surface area contributed by atoms with Crippen molar-refractivity contribution in [1.82, 2.24) is 14.6 Å². The molecular weight excluding hydrogens is 268 g/mol. The van der Waals surface area contributed by atoms with Crippen molar-refractivity contribution in [1.29, 1.82) is 0 Å². The minimum absolute atomic E-state index is 0.0514. The number of benzene rings is 1. The van der Waals surface area contributed by atoms with E-state index < -0.39 is 0 Å². The van der Waals surface area contributed by atoms with Crippen molar-refractivity contribution in [3.8, 4) is 0 Å². The van der Waals surface area contributed by atoms with Crippen molar-refractivity contribution in [2.45, 2.75) is 6.92 Å². The molecule has 1 amide bonds. The van der Waals surface area contributed by atoms with Gasteiger partial charge in [0.2, 0.25) is 0 Å². The second-order valence-electron chi connectivity index (χ2n) is 4.52. The van der Waals surface area contributed by atoms with Crippen molar-refractivity contribution < 1.29 is 9.59 Å². The lowest BCUT2D eigenvalue weighted by molar-refractivity contribution is 0.100. The molecule has 2 heterocycles. The van der Waals surface area contributed by atoms with E-state index in [9.17, 15) is 9.59 Å². The van der Waals surface area contributed by atoms with Crippen molar-refractivity contribution in [3.05, 3.63) is 60.0 Å². The Kier molecular flexibility index (Phi) is 3.19. The number of carbonyl (C=O) groups excluding carboxylic acids is 2. The Hall–Kier alpha value is -3.02. The number of anilines is 1. The number of rotatable bonds is 3. The first kappa shape index (κ1) is 13.0. The van der Waals surface area contributed by atoms with E-state index in [1.54, 1.807) is 48.8 Å². The summed E-state index contributed by atoms with van der Waals surface area (Å²) in [5, 5.41) is 6.82. The number of ketones is 1. The molecule has 0 aliphatic rings. The van der Waals surface area contributed by atoms with Crippen LogP contribution in [0.2, 0.25) is 0 Å². The molecule has 0 bridgehead atoms. The number of hydrogen-bond donors (Lipinski definition) is 1. The van der Waals surface area contributed by atoms with Crippen molar-refractivity contribution in [2.24, 2.45) is 0 Å². The highest BCUT2D eigenvalue weighted by molar-refractivity contribution is 6.04. The van der Waals surface area contributed by atoms with Crippen LogP contribution in [0, 0.1) is 0 Å². The van der Waals surface area contributed by atoms with Gasteiger partial charge in [-0.05, 0) is 25.1 Å². The number of nitrogens with zero attached hydrogens (tertiary/aromatic N) is 3. The predicted molar refractivity (Wildman–Crippen MR) is 77.4 cm³/mol. The smallest absolute Gasteiger partial charge is 0.274 e. The Balaban J connectivity index is 1.91. The van der Waals surface area contributed by atoms with Gasteiger partial charge in [0.25, 0.3) is 5.91 Å². The van der Waals surface area contributed by atoms with E-state index in [1.807, 2.05) is 0 Å². The number of nitrogens with one attached hydrogen (secondary N) is 1. The molecule has 0 saturated carbocycles. The van der Waals surface area contributed by atoms with E-state index >= 15 is 0 Å². The molecule has 0 atom stereocenters. The summed E-state index contributed by atoms with van der Waals surface area (Å²) in [6.45, 7) is 1.48. The van der Waals surface area contributed by atoms with Gasteiger partial charge in [0.15, 0.2) is 11.4 Å². The van der Waals surface area contributed by atoms with E-state index in [2.05, 4.69) is 15.4 Å². The number of aromatic nitrogens is 3. The average molecular weight is 280 g/mol. The second kappa shape index (κ2) is 5.16. The topological polar surface area (TPSA) is 76.4 Å². The maximum absolute atomic E-state index is 12.3. The Morgan fingerprint density at radius 3 is 2.81 bits per heavy atom. The van der Waals surface area contributed by atoms with Gasteiger partial charge in [-0.2, -0.15) is 5.10 Å². The molecule has 6 heteroatoms. The molecule has 0 aliphatic carbocycles. The fourth-order valence-corrected chi connectivity index (χ4v) is 2.02. The summed E-state index contributed by atoms with van der Waals surface area (Å²) in [6, 6.07) is 10.1. The van der Waals surface area contributed by atoms with Crippen LogP contribution in [0.3, 0.4) is 0 Å². The lowest BCUT2D eigenvalue weighted by Gasteiger charge is -2.07. The zero-order valence-electron chi connectivity index (χ0n) is 11.3. The van der Waals surface area contributed by atoms with Gasteiger partial charge >= 0.3 is 0 Å². The first-order valence-corrected chi connectivity index (χ1v) is 6.36. The summed E-state index contributed by atoms with van der Waals surface area (Å²) in [4.78, 5) is 27.8. The minimum Gasteiger partial charge on any atom is -0.321 e. The van der Waals surface area contributed by atoms with Crippen LogP contribution in [0.5, 0.6) is 0 Å². The van der Waals surface area contributed by atoms with E-state index in [0.29, 0.717) is 22.6 Å². The lowest BCUT2D eigenvalue weighted by Crippen LogP contribution is -2.17. The molecule has 2 aromatic heterocycles. The van der Waals surface area contributed by atoms with E-state index in [-0.39, 0.29) is 11.7 Å². The molecule has 6 nitrogen and oxygen atoms in total. The summed E-state index contributed by atoms with van der Waals surface area (Å²) < 4.78 is 1.46. The van der Waals surface area contributed by atoms with Gasteiger partial charge < -0.3 is 5.32 Å². The van der Waals surface area contributed by atoms with E-state index in [1.165, 1.54) is 11.4 Å². The van der Waals surface area contributed by atoms with Crippen molar-refractivity contribution in [2.75, 3.05) is 5.32 Å². The number of hydrogen-bond acceptors (Lipinski definition) is 4. The van der Waals surface area contributed by atoms with Gasteiger partial charge in [-0.3, -0.25) is 9.59 Å². The molecule has 0 spiro atoms. The number of carbonyl (C=O) groups is 2. The summed E-state index contributed by atoms with van der Waals surface area (Å²) in [6.07, 6.45) is 3.13. The van der Waals surface area contributed by atoms with E-state index in [0.717, 1.165) is 0 Å². The predicted octanol–water partition coefficient (Wildman–Crippen LogP) is 2.18. The van der Waals surface area contributed by atoms with Crippen LogP contribution in [0.25, 0.3) is 5.65 Å². The number of fused-ring (bicyclic) bond motifs is 1. The summed E-state index contributed by atoms with van der Waals surface area (Å²) >= 11 is 0. The second-order valence-corrected chi connectivity index (χ2v) is 4.52. The zero-order chi connectivity index (χ0) is 14.8. The maximum Gasteiger partial charge on any atom is 0.274 e. The minimum atomic E-state index is -0.313. The van der Waals surface area contributed by atoms with Crippen molar-refractivity contribution in [3.63, 3.8) is 0 Å². The highest BCUT2D eigenvalue weighted by Crippen LogP contribution is 2.13. The molecule has 0 aliphatic heterocycles. The first-order valence-electron chi connectivity index (χ1n) is 6.36. The monoisotopic (exact) mass is 280 g/mol. The maximum atomic E-state index is 12.3. The Bertz CT molecular complexity index is 838. The standard InChI is InChI=1S/C15H12N4O2/c1-10(20)11-3-2-4-12(9-11)18-15(21)13-5-7-16-14-6-8-17-19(13)14/h2-9H,1H3,(H,18,21). The molecule has 104 valence electrons. The van der Waals surface area contributed by atoms with Gasteiger partial charge in [0.05, 0.1) is 6.20 Å². The highest BCUT2D eigenvalue weighted by Gasteiger charge is 2.12. The molecule has 1 N–H and O–H groups in total. The number of amides is 1. The quantitative estimate of drug-likeness (QED) is 0.746. The van der Waals surface area contributed by atoms with Crippen molar-refractivity contribution >= 4 is 23.0 Å². The van der Waals surface area contributed by atoms with Crippen LogP contribution >= 0.6 is 0 Å². The normalized spacial score (nSPS) is 10.5. The first-order chi connectivity index (χ1) is 10.1. The largest absolute Gasteiger partial charge is 0.321 e. The lowest BCUT2D eigenvalue weighted by atomic mass is 10.1. The molecule has 0 saturated heterocycles. The third kappa shape index (κ3) is 2.51. The SMILES string of the molecule is CC(=O)c1cccc(NC(=O)c2ccnc3ccnn23)c1. The average Bonchev–Trinajstić information content (AvgIpc) is 2.95. The third-order valence-electron chi connectivity index (χ3n) is 3.05. The van der Waals surface area contributed by atoms with Gasteiger partial charge in [-0.25, -0.2) is 9.50 Å². The molecular formula is C15H12N4O2. The Morgan fingerprint density at radius 2 is 2.00 bits per heavy atom. The van der Waals surface area contributed by atoms with Gasteiger partial charge in [-0.1, -0.05) is 12.1 Å². The fourth-order valence-electron chi connectivity index (χ4n) is 2.02. The van der Waals surface area contributed by atoms with Crippen LogP contribution in [-0.4, -0.2) is 26.3 Å². The van der Waals surface area contributed by atoms with Gasteiger partial charge in [0.1, 0.15) is 5.69 Å². The van der Waals surface area contributed by atoms with E-state index in [4.69, 9.17) is 0 Å². The van der Waals surface area contributed by atoms with Gasteiger partial charge in [-0.15, -0.1) is 0 Å². The summed E-state index contributed by atoms with van der Waals surface area (Å²) in [5.74, 6) is -0.365. The molecule has 1 aromatic carbocycles. The van der Waals surface area contributed by atoms with Crippen LogP contribution in [0.4, 0.5) is 5.69 Å². The molecule has 0 fully saturated rings. The number of Topliss-reactive ketones (excluding diaryl/α,β-unsaturated/α-hetero) is 1. The summed E-state index contributed by atoms with van der Waals surface area (Å²) in [5.41, 5.74) is 2.08. The Morgan fingerprint density at radius 1 is 1.14 bits per heavy atom. The summed E-state index contributed by atoms with van der Waals surface area (Å²) in [7, 11) is 0. The van der Waals surface area contributed by atoms with Crippen LogP contribution in [0.15, 0.2) is 48.8 Å². The molecule has 0 unspecified atom stereocenters.